The fraction of sp³-hybridized carbons (Fsp3) is 0.600. The Kier molecular flexibility index (Phi) is 4.02. The molecule has 1 aromatic heterocycles. The second kappa shape index (κ2) is 6.14. The predicted molar refractivity (Wildman–Crippen MR) is 97.1 cm³/mol. The number of fused-ring (bicyclic) bond motifs is 3. The predicted octanol–water partition coefficient (Wildman–Crippen LogP) is 5.94. The third-order valence-electron chi connectivity index (χ3n) is 6.44. The van der Waals surface area contributed by atoms with Crippen molar-refractivity contribution in [1.82, 2.24) is 4.57 Å². The van der Waals surface area contributed by atoms with Gasteiger partial charge in [0.05, 0.1) is 5.52 Å². The van der Waals surface area contributed by atoms with Crippen molar-refractivity contribution in [2.24, 2.45) is 0 Å². The van der Waals surface area contributed by atoms with E-state index in [0.29, 0.717) is 0 Å². The zero-order chi connectivity index (χ0) is 14.9. The van der Waals surface area contributed by atoms with Crippen LogP contribution in [0.5, 0.6) is 0 Å². The monoisotopic (exact) mass is 293 g/mol. The SMILES string of the molecule is Cc1cccc2ccn(CCCB3C4CCCC3CCC4)c12. The molecule has 0 saturated carbocycles. The smallest absolute Gasteiger partial charge is 0.146 e. The Morgan fingerprint density at radius 1 is 1.05 bits per heavy atom. The van der Waals surface area contributed by atoms with Crippen molar-refractivity contribution in [2.45, 2.75) is 76.4 Å². The molecule has 1 aromatic carbocycles. The molecule has 2 fully saturated rings. The van der Waals surface area contributed by atoms with Crippen LogP contribution in [0.2, 0.25) is 18.0 Å². The van der Waals surface area contributed by atoms with Crippen molar-refractivity contribution in [3.63, 3.8) is 0 Å². The lowest BCUT2D eigenvalue weighted by Gasteiger charge is -2.40. The zero-order valence-corrected chi connectivity index (χ0v) is 13.9. The van der Waals surface area contributed by atoms with E-state index >= 15 is 0 Å². The molecule has 2 aromatic rings. The number of benzene rings is 1. The Bertz CT molecular complexity index is 622. The number of hydrogen-bond donors (Lipinski definition) is 0. The molecule has 0 radical (unpaired) electrons. The molecule has 0 N–H and O–H groups in total. The van der Waals surface area contributed by atoms with Crippen LogP contribution in [0.1, 0.15) is 50.5 Å². The quantitative estimate of drug-likeness (QED) is 0.614. The molecule has 4 rings (SSSR count). The molecule has 0 spiro atoms. The lowest BCUT2D eigenvalue weighted by molar-refractivity contribution is 0.439. The van der Waals surface area contributed by atoms with E-state index in [0.717, 1.165) is 18.3 Å². The molecular formula is C20H28BN. The van der Waals surface area contributed by atoms with Crippen LogP contribution in [0.25, 0.3) is 10.9 Å². The maximum atomic E-state index is 2.49. The van der Waals surface area contributed by atoms with Gasteiger partial charge in [-0.05, 0) is 30.4 Å². The van der Waals surface area contributed by atoms with E-state index < -0.39 is 0 Å². The van der Waals surface area contributed by atoms with Gasteiger partial charge in [0.1, 0.15) is 6.71 Å². The summed E-state index contributed by atoms with van der Waals surface area (Å²) in [5.74, 6) is 2.13. The van der Waals surface area contributed by atoms with Crippen LogP contribution in [0.15, 0.2) is 30.5 Å². The van der Waals surface area contributed by atoms with Gasteiger partial charge in [-0.1, -0.05) is 74.7 Å². The molecule has 1 nitrogen and oxygen atoms in total. The molecule has 3 heterocycles. The maximum absolute atomic E-state index is 2.49. The molecule has 0 unspecified atom stereocenters. The molecule has 22 heavy (non-hydrogen) atoms. The van der Waals surface area contributed by atoms with Crippen molar-refractivity contribution >= 4 is 17.6 Å². The molecule has 2 aliphatic rings. The average molecular weight is 293 g/mol. The van der Waals surface area contributed by atoms with Crippen LogP contribution in [0.3, 0.4) is 0 Å². The number of nitrogens with zero attached hydrogens (tertiary/aromatic N) is 1. The molecule has 116 valence electrons. The number of hydrogen-bond acceptors (Lipinski definition) is 0. The fourth-order valence-electron chi connectivity index (χ4n) is 5.42. The average Bonchev–Trinajstić information content (AvgIpc) is 2.92. The van der Waals surface area contributed by atoms with E-state index in [-0.39, 0.29) is 0 Å². The van der Waals surface area contributed by atoms with Crippen LogP contribution < -0.4 is 0 Å². The van der Waals surface area contributed by atoms with Gasteiger partial charge in [-0.2, -0.15) is 0 Å². The largest absolute Gasteiger partial charge is 0.347 e. The van der Waals surface area contributed by atoms with E-state index in [1.807, 2.05) is 0 Å². The van der Waals surface area contributed by atoms with Gasteiger partial charge in [-0.15, -0.1) is 0 Å². The lowest BCUT2D eigenvalue weighted by atomic mass is 9.26. The summed E-state index contributed by atoms with van der Waals surface area (Å²) in [6, 6.07) is 8.93. The third-order valence-corrected chi connectivity index (χ3v) is 6.44. The molecule has 2 heteroatoms. The van der Waals surface area contributed by atoms with Gasteiger partial charge < -0.3 is 4.57 Å². The number of para-hydroxylation sites is 1. The first kappa shape index (κ1) is 14.4. The van der Waals surface area contributed by atoms with Crippen LogP contribution in [-0.4, -0.2) is 11.3 Å². The Labute approximate surface area is 135 Å². The first-order valence-corrected chi connectivity index (χ1v) is 9.37. The molecule has 0 amide bonds. The topological polar surface area (TPSA) is 4.93 Å². The normalized spacial score (nSPS) is 24.9. The highest BCUT2D eigenvalue weighted by Crippen LogP contribution is 2.48. The van der Waals surface area contributed by atoms with E-state index in [9.17, 15) is 0 Å². The standard InChI is InChI=1S/C20H28BN/c1-16-6-2-7-17-12-15-22(20(16)17)14-5-13-21-18-8-3-9-19(21)11-4-10-18/h2,6-7,12,15,18-19H,3-5,8-11,13-14H2,1H3. The third kappa shape index (κ3) is 2.62. The Hall–Kier alpha value is -1.18. The summed E-state index contributed by atoms with van der Waals surface area (Å²) in [5.41, 5.74) is 2.86. The van der Waals surface area contributed by atoms with Crippen LogP contribution in [-0.2, 0) is 6.54 Å². The summed E-state index contributed by atoms with van der Waals surface area (Å²) in [5, 5.41) is 1.40. The molecule has 0 aliphatic carbocycles. The molecule has 2 saturated heterocycles. The minimum Gasteiger partial charge on any atom is -0.347 e. The number of aryl methyl sites for hydroxylation is 2. The van der Waals surface area contributed by atoms with Crippen molar-refractivity contribution in [1.29, 1.82) is 0 Å². The summed E-state index contributed by atoms with van der Waals surface area (Å²) < 4.78 is 2.49. The summed E-state index contributed by atoms with van der Waals surface area (Å²) in [4.78, 5) is 0. The van der Waals surface area contributed by atoms with E-state index in [2.05, 4.69) is 42.0 Å². The van der Waals surface area contributed by atoms with E-state index in [1.54, 1.807) is 0 Å². The van der Waals surface area contributed by atoms with Crippen molar-refractivity contribution in [2.75, 3.05) is 0 Å². The van der Waals surface area contributed by atoms with E-state index in [4.69, 9.17) is 0 Å². The first-order chi connectivity index (χ1) is 10.8. The van der Waals surface area contributed by atoms with Crippen LogP contribution in [0.4, 0.5) is 0 Å². The van der Waals surface area contributed by atoms with Crippen molar-refractivity contribution < 1.29 is 0 Å². The van der Waals surface area contributed by atoms with Gasteiger partial charge in [-0.25, -0.2) is 0 Å². The summed E-state index contributed by atoms with van der Waals surface area (Å²) >= 11 is 0. The Balaban J connectivity index is 1.42. The van der Waals surface area contributed by atoms with Gasteiger partial charge >= 0.3 is 0 Å². The summed E-state index contributed by atoms with van der Waals surface area (Å²) in [7, 11) is 0. The fourth-order valence-corrected chi connectivity index (χ4v) is 5.42. The number of rotatable bonds is 4. The van der Waals surface area contributed by atoms with Crippen LogP contribution >= 0.6 is 0 Å². The highest BCUT2D eigenvalue weighted by Gasteiger charge is 2.38. The van der Waals surface area contributed by atoms with Gasteiger partial charge in [0.2, 0.25) is 0 Å². The maximum Gasteiger partial charge on any atom is 0.146 e. The second-order valence-corrected chi connectivity index (χ2v) is 7.71. The highest BCUT2D eigenvalue weighted by molar-refractivity contribution is 6.62. The molecule has 0 atom stereocenters. The summed E-state index contributed by atoms with van der Waals surface area (Å²) in [6.45, 7) is 4.49. The van der Waals surface area contributed by atoms with Gasteiger partial charge in [0, 0.05) is 12.7 Å². The molecular weight excluding hydrogens is 265 g/mol. The van der Waals surface area contributed by atoms with Crippen LogP contribution in [0, 0.1) is 6.92 Å². The van der Waals surface area contributed by atoms with E-state index in [1.165, 1.54) is 74.3 Å². The van der Waals surface area contributed by atoms with Gasteiger partial charge in [0.15, 0.2) is 0 Å². The zero-order valence-electron chi connectivity index (χ0n) is 13.9. The van der Waals surface area contributed by atoms with Gasteiger partial charge in [0.25, 0.3) is 0 Å². The van der Waals surface area contributed by atoms with Gasteiger partial charge in [-0.3, -0.25) is 0 Å². The number of aromatic nitrogens is 1. The highest BCUT2D eigenvalue weighted by atomic mass is 14.9. The van der Waals surface area contributed by atoms with Crippen molar-refractivity contribution in [3.8, 4) is 0 Å². The minimum absolute atomic E-state index is 1.05. The molecule has 2 bridgehead atoms. The molecule has 2 aliphatic heterocycles. The Morgan fingerprint density at radius 3 is 2.50 bits per heavy atom. The second-order valence-electron chi connectivity index (χ2n) is 7.71. The first-order valence-electron chi connectivity index (χ1n) is 9.37. The Morgan fingerprint density at radius 2 is 1.77 bits per heavy atom. The lowest BCUT2D eigenvalue weighted by Crippen LogP contribution is -2.34. The van der Waals surface area contributed by atoms with Crippen molar-refractivity contribution in [3.05, 3.63) is 36.0 Å². The summed E-state index contributed by atoms with van der Waals surface area (Å²) in [6.07, 6.45) is 14.2. The minimum atomic E-state index is 1.05.